The van der Waals surface area contributed by atoms with Gasteiger partial charge >= 0.3 is 0 Å². The van der Waals surface area contributed by atoms with Crippen molar-refractivity contribution in [3.8, 4) is 5.75 Å². The second kappa shape index (κ2) is 7.09. The lowest BCUT2D eigenvalue weighted by molar-refractivity contribution is 0.122. The fourth-order valence-corrected chi connectivity index (χ4v) is 3.39. The van der Waals surface area contributed by atoms with Crippen LogP contribution in [0.5, 0.6) is 5.75 Å². The Bertz CT molecular complexity index is 421. The SMILES string of the molecule is CNC1CCC(C)CC1N(C)Cc1ccccc1OC. The van der Waals surface area contributed by atoms with Crippen molar-refractivity contribution < 1.29 is 4.74 Å². The van der Waals surface area contributed by atoms with Gasteiger partial charge in [-0.05, 0) is 45.3 Å². The first-order valence-electron chi connectivity index (χ1n) is 7.65. The summed E-state index contributed by atoms with van der Waals surface area (Å²) in [5.74, 6) is 1.81. The molecule has 3 atom stereocenters. The number of ether oxygens (including phenoxy) is 1. The number of methoxy groups -OCH3 is 1. The molecule has 3 heteroatoms. The summed E-state index contributed by atoms with van der Waals surface area (Å²) < 4.78 is 5.47. The Hall–Kier alpha value is -1.06. The molecule has 0 bridgehead atoms. The highest BCUT2D eigenvalue weighted by molar-refractivity contribution is 5.33. The van der Waals surface area contributed by atoms with E-state index >= 15 is 0 Å². The number of para-hydroxylation sites is 1. The summed E-state index contributed by atoms with van der Waals surface area (Å²) in [6.45, 7) is 3.31. The van der Waals surface area contributed by atoms with Crippen LogP contribution >= 0.6 is 0 Å². The molecule has 1 N–H and O–H groups in total. The molecule has 1 aromatic rings. The van der Waals surface area contributed by atoms with Crippen LogP contribution in [-0.4, -0.2) is 38.2 Å². The van der Waals surface area contributed by atoms with Gasteiger partial charge in [0.15, 0.2) is 0 Å². The highest BCUT2D eigenvalue weighted by atomic mass is 16.5. The Kier molecular flexibility index (Phi) is 5.44. The second-order valence-corrected chi connectivity index (χ2v) is 6.11. The molecule has 0 aliphatic heterocycles. The van der Waals surface area contributed by atoms with Gasteiger partial charge < -0.3 is 10.1 Å². The Morgan fingerprint density at radius 3 is 2.75 bits per heavy atom. The monoisotopic (exact) mass is 276 g/mol. The molecular weight excluding hydrogens is 248 g/mol. The van der Waals surface area contributed by atoms with Gasteiger partial charge in [-0.1, -0.05) is 25.1 Å². The van der Waals surface area contributed by atoms with E-state index in [0.717, 1.165) is 18.2 Å². The summed E-state index contributed by atoms with van der Waals surface area (Å²) in [5.41, 5.74) is 1.27. The predicted molar refractivity (Wildman–Crippen MR) is 84.1 cm³/mol. The van der Waals surface area contributed by atoms with E-state index in [1.807, 2.05) is 12.1 Å². The number of nitrogens with zero attached hydrogens (tertiary/aromatic N) is 1. The van der Waals surface area contributed by atoms with Crippen molar-refractivity contribution in [3.05, 3.63) is 29.8 Å². The second-order valence-electron chi connectivity index (χ2n) is 6.11. The van der Waals surface area contributed by atoms with E-state index in [1.165, 1.54) is 24.8 Å². The van der Waals surface area contributed by atoms with Crippen molar-refractivity contribution in [1.82, 2.24) is 10.2 Å². The molecular formula is C17H28N2O. The van der Waals surface area contributed by atoms with Gasteiger partial charge in [0, 0.05) is 24.2 Å². The molecule has 0 spiro atoms. The fourth-order valence-electron chi connectivity index (χ4n) is 3.39. The smallest absolute Gasteiger partial charge is 0.123 e. The minimum absolute atomic E-state index is 0.603. The lowest BCUT2D eigenvalue weighted by atomic mass is 9.82. The summed E-state index contributed by atoms with van der Waals surface area (Å²) in [4.78, 5) is 2.48. The summed E-state index contributed by atoms with van der Waals surface area (Å²) in [6, 6.07) is 9.53. The van der Waals surface area contributed by atoms with Gasteiger partial charge in [-0.15, -0.1) is 0 Å². The lowest BCUT2D eigenvalue weighted by Gasteiger charge is -2.40. The molecule has 3 nitrogen and oxygen atoms in total. The summed E-state index contributed by atoms with van der Waals surface area (Å²) in [6.07, 6.45) is 3.89. The van der Waals surface area contributed by atoms with Crippen molar-refractivity contribution in [2.45, 2.75) is 44.8 Å². The van der Waals surface area contributed by atoms with Gasteiger partial charge in [-0.3, -0.25) is 4.90 Å². The Labute approximate surface area is 123 Å². The van der Waals surface area contributed by atoms with Gasteiger partial charge in [-0.2, -0.15) is 0 Å². The number of hydrogen-bond acceptors (Lipinski definition) is 3. The molecule has 1 saturated carbocycles. The van der Waals surface area contributed by atoms with Crippen LogP contribution < -0.4 is 10.1 Å². The van der Waals surface area contributed by atoms with Gasteiger partial charge in [0.2, 0.25) is 0 Å². The van der Waals surface area contributed by atoms with E-state index < -0.39 is 0 Å². The van der Waals surface area contributed by atoms with Gasteiger partial charge in [0.05, 0.1) is 7.11 Å². The van der Waals surface area contributed by atoms with E-state index in [-0.39, 0.29) is 0 Å². The Balaban J connectivity index is 2.07. The molecule has 1 aromatic carbocycles. The van der Waals surface area contributed by atoms with Gasteiger partial charge in [-0.25, -0.2) is 0 Å². The zero-order valence-electron chi connectivity index (χ0n) is 13.2. The standard InChI is InChI=1S/C17H28N2O/c1-13-9-10-15(18-2)16(11-13)19(3)12-14-7-5-6-8-17(14)20-4/h5-8,13,15-16,18H,9-12H2,1-4H3. The molecule has 1 fully saturated rings. The normalized spacial score (nSPS) is 26.8. The maximum atomic E-state index is 5.47. The first-order valence-corrected chi connectivity index (χ1v) is 7.65. The third-order valence-corrected chi connectivity index (χ3v) is 4.63. The maximum absolute atomic E-state index is 5.47. The molecule has 0 heterocycles. The molecule has 0 amide bonds. The van der Waals surface area contributed by atoms with Crippen molar-refractivity contribution in [3.63, 3.8) is 0 Å². The molecule has 20 heavy (non-hydrogen) atoms. The fraction of sp³-hybridized carbons (Fsp3) is 0.647. The van der Waals surface area contributed by atoms with E-state index in [0.29, 0.717) is 12.1 Å². The van der Waals surface area contributed by atoms with Crippen molar-refractivity contribution in [1.29, 1.82) is 0 Å². The molecule has 1 aliphatic rings. The van der Waals surface area contributed by atoms with E-state index in [4.69, 9.17) is 4.74 Å². The van der Waals surface area contributed by atoms with E-state index in [9.17, 15) is 0 Å². The molecule has 2 rings (SSSR count). The number of hydrogen-bond donors (Lipinski definition) is 1. The van der Waals surface area contributed by atoms with Crippen molar-refractivity contribution in [2.24, 2.45) is 5.92 Å². The number of likely N-dealkylation sites (N-methyl/N-ethyl adjacent to an activating group) is 2. The van der Waals surface area contributed by atoms with Crippen LogP contribution in [0.25, 0.3) is 0 Å². The van der Waals surface area contributed by atoms with Gasteiger partial charge in [0.1, 0.15) is 5.75 Å². The summed E-state index contributed by atoms with van der Waals surface area (Å²) >= 11 is 0. The van der Waals surface area contributed by atoms with Crippen LogP contribution in [-0.2, 0) is 6.54 Å². The molecule has 3 unspecified atom stereocenters. The molecule has 0 saturated heterocycles. The Morgan fingerprint density at radius 1 is 1.30 bits per heavy atom. The van der Waals surface area contributed by atoms with Crippen molar-refractivity contribution >= 4 is 0 Å². The minimum atomic E-state index is 0.603. The van der Waals surface area contributed by atoms with Gasteiger partial charge in [0.25, 0.3) is 0 Å². The molecule has 0 aromatic heterocycles. The molecule has 1 aliphatic carbocycles. The maximum Gasteiger partial charge on any atom is 0.123 e. The molecule has 0 radical (unpaired) electrons. The van der Waals surface area contributed by atoms with Crippen LogP contribution in [0, 0.1) is 5.92 Å². The average Bonchev–Trinajstić information content (AvgIpc) is 2.47. The zero-order chi connectivity index (χ0) is 14.5. The number of nitrogens with one attached hydrogen (secondary N) is 1. The summed E-state index contributed by atoms with van der Waals surface area (Å²) in [5, 5.41) is 3.50. The van der Waals surface area contributed by atoms with Crippen LogP contribution in [0.3, 0.4) is 0 Å². The first kappa shape index (κ1) is 15.3. The van der Waals surface area contributed by atoms with Crippen LogP contribution in [0.1, 0.15) is 31.7 Å². The predicted octanol–water partition coefficient (Wildman–Crippen LogP) is 2.90. The quantitative estimate of drug-likeness (QED) is 0.895. The van der Waals surface area contributed by atoms with Crippen molar-refractivity contribution in [2.75, 3.05) is 21.2 Å². The largest absolute Gasteiger partial charge is 0.496 e. The third kappa shape index (κ3) is 3.53. The highest BCUT2D eigenvalue weighted by Crippen LogP contribution is 2.29. The van der Waals surface area contributed by atoms with E-state index in [1.54, 1.807) is 7.11 Å². The van der Waals surface area contributed by atoms with Crippen LogP contribution in [0.15, 0.2) is 24.3 Å². The third-order valence-electron chi connectivity index (χ3n) is 4.63. The first-order chi connectivity index (χ1) is 9.65. The lowest BCUT2D eigenvalue weighted by Crippen LogP contribution is -2.50. The molecule has 112 valence electrons. The minimum Gasteiger partial charge on any atom is -0.496 e. The Morgan fingerprint density at radius 2 is 2.05 bits per heavy atom. The zero-order valence-corrected chi connectivity index (χ0v) is 13.2. The van der Waals surface area contributed by atoms with Crippen LogP contribution in [0.4, 0.5) is 0 Å². The average molecular weight is 276 g/mol. The van der Waals surface area contributed by atoms with E-state index in [2.05, 4.69) is 43.4 Å². The number of rotatable bonds is 5. The topological polar surface area (TPSA) is 24.5 Å². The highest BCUT2D eigenvalue weighted by Gasteiger charge is 2.30. The van der Waals surface area contributed by atoms with Crippen LogP contribution in [0.2, 0.25) is 0 Å². The summed E-state index contributed by atoms with van der Waals surface area (Å²) in [7, 11) is 6.07. The number of benzene rings is 1.